The van der Waals surface area contributed by atoms with Crippen molar-refractivity contribution >= 4 is 51.7 Å². The first-order chi connectivity index (χ1) is 15.3. The fourth-order valence-electron chi connectivity index (χ4n) is 2.92. The number of amides is 2. The van der Waals surface area contributed by atoms with Crippen LogP contribution in [0.3, 0.4) is 0 Å². The van der Waals surface area contributed by atoms with Crippen molar-refractivity contribution in [3.8, 4) is 0 Å². The molecule has 0 radical (unpaired) electrons. The lowest BCUT2D eigenvalue weighted by atomic mass is 10.2. The largest absolute Gasteiger partial charge is 0.449 e. The average Bonchev–Trinajstić information content (AvgIpc) is 3.06. The van der Waals surface area contributed by atoms with Gasteiger partial charge in [0.05, 0.1) is 26.8 Å². The second-order valence-electron chi connectivity index (χ2n) is 6.64. The van der Waals surface area contributed by atoms with Crippen LogP contribution in [0.15, 0.2) is 36.4 Å². The standard InChI is InChI=1S/C19H12Cl2F6N4O2/c20-9-3-1-4-10(21)14(9)16(33)29-11-5-2-6-12-15(11)30-17(19(25,26)27)31(12)7-13(32)28-8-18(22,23)24/h1-6H,7-8H2,(H,28,32)(H,29,33). The highest BCUT2D eigenvalue weighted by Crippen LogP contribution is 2.34. The highest BCUT2D eigenvalue weighted by molar-refractivity contribution is 6.40. The fourth-order valence-corrected chi connectivity index (χ4v) is 3.49. The molecule has 14 heteroatoms. The van der Waals surface area contributed by atoms with Crippen LogP contribution in [0.2, 0.25) is 10.0 Å². The van der Waals surface area contributed by atoms with Gasteiger partial charge in [-0.2, -0.15) is 26.3 Å². The quantitative estimate of drug-likeness (QED) is 0.456. The van der Waals surface area contributed by atoms with Crippen LogP contribution >= 0.6 is 23.2 Å². The van der Waals surface area contributed by atoms with Gasteiger partial charge in [0.1, 0.15) is 18.6 Å². The van der Waals surface area contributed by atoms with Gasteiger partial charge in [0.15, 0.2) is 0 Å². The molecular weight excluding hydrogens is 501 g/mol. The van der Waals surface area contributed by atoms with E-state index in [4.69, 9.17) is 23.2 Å². The number of hydrogen-bond donors (Lipinski definition) is 2. The van der Waals surface area contributed by atoms with E-state index in [1.807, 2.05) is 0 Å². The number of benzene rings is 2. The molecule has 2 N–H and O–H groups in total. The summed E-state index contributed by atoms with van der Waals surface area (Å²) in [6.07, 6.45) is -9.78. The third kappa shape index (κ3) is 5.69. The van der Waals surface area contributed by atoms with Crippen LogP contribution in [0.5, 0.6) is 0 Å². The molecule has 0 bridgehead atoms. The number of nitrogens with one attached hydrogen (secondary N) is 2. The van der Waals surface area contributed by atoms with Crippen molar-refractivity contribution in [2.24, 2.45) is 0 Å². The smallest absolute Gasteiger partial charge is 0.345 e. The number of halogens is 8. The molecule has 33 heavy (non-hydrogen) atoms. The fraction of sp³-hybridized carbons (Fsp3) is 0.211. The normalized spacial score (nSPS) is 12.1. The lowest BCUT2D eigenvalue weighted by Gasteiger charge is -2.13. The Labute approximate surface area is 191 Å². The number of rotatable bonds is 5. The third-order valence-corrected chi connectivity index (χ3v) is 4.89. The molecule has 0 aliphatic rings. The molecule has 3 aromatic rings. The molecule has 3 rings (SSSR count). The molecule has 0 saturated heterocycles. The van der Waals surface area contributed by atoms with Gasteiger partial charge in [-0.3, -0.25) is 9.59 Å². The Morgan fingerprint density at radius 1 is 0.970 bits per heavy atom. The number of alkyl halides is 6. The predicted octanol–water partition coefficient (Wildman–Crippen LogP) is 5.29. The van der Waals surface area contributed by atoms with E-state index in [2.05, 4.69) is 10.3 Å². The Bertz CT molecular complexity index is 1200. The zero-order chi connectivity index (χ0) is 24.6. The molecule has 1 aromatic heterocycles. The summed E-state index contributed by atoms with van der Waals surface area (Å²) in [5.41, 5.74) is -0.870. The maximum atomic E-state index is 13.6. The summed E-state index contributed by atoms with van der Waals surface area (Å²) < 4.78 is 78.0. The number of para-hydroxylation sites is 1. The van der Waals surface area contributed by atoms with Crippen molar-refractivity contribution in [3.05, 3.63) is 57.8 Å². The Morgan fingerprint density at radius 2 is 1.58 bits per heavy atom. The number of carbonyl (C=O) groups is 2. The van der Waals surface area contributed by atoms with Gasteiger partial charge in [0, 0.05) is 0 Å². The van der Waals surface area contributed by atoms with Crippen molar-refractivity contribution < 1.29 is 35.9 Å². The molecule has 0 atom stereocenters. The van der Waals surface area contributed by atoms with E-state index in [9.17, 15) is 35.9 Å². The van der Waals surface area contributed by atoms with E-state index in [1.54, 1.807) is 0 Å². The number of aromatic nitrogens is 2. The van der Waals surface area contributed by atoms with E-state index in [0.717, 1.165) is 0 Å². The highest BCUT2D eigenvalue weighted by atomic mass is 35.5. The number of imidazole rings is 1. The van der Waals surface area contributed by atoms with Crippen molar-refractivity contribution in [2.75, 3.05) is 11.9 Å². The maximum absolute atomic E-state index is 13.6. The minimum Gasteiger partial charge on any atom is -0.345 e. The lowest BCUT2D eigenvalue weighted by molar-refractivity contribution is -0.148. The Hall–Kier alpha value is -2.99. The van der Waals surface area contributed by atoms with Gasteiger partial charge in [0.25, 0.3) is 5.91 Å². The SMILES string of the molecule is O=C(Cn1c(C(F)(F)F)nc2c(NC(=O)c3c(Cl)cccc3Cl)cccc21)NCC(F)(F)F. The van der Waals surface area contributed by atoms with Crippen LogP contribution in [-0.4, -0.2) is 34.1 Å². The zero-order valence-electron chi connectivity index (χ0n) is 16.1. The van der Waals surface area contributed by atoms with Gasteiger partial charge < -0.3 is 15.2 Å². The first-order valence-corrected chi connectivity index (χ1v) is 9.69. The summed E-state index contributed by atoms with van der Waals surface area (Å²) in [6, 6.07) is 7.97. The minimum absolute atomic E-state index is 0.00461. The summed E-state index contributed by atoms with van der Waals surface area (Å²) >= 11 is 12.0. The van der Waals surface area contributed by atoms with Crippen LogP contribution < -0.4 is 10.6 Å². The topological polar surface area (TPSA) is 76.0 Å². The number of fused-ring (bicyclic) bond motifs is 1. The molecule has 0 saturated carbocycles. The number of carbonyl (C=O) groups excluding carboxylic acids is 2. The first-order valence-electron chi connectivity index (χ1n) is 8.93. The summed E-state index contributed by atoms with van der Waals surface area (Å²) in [7, 11) is 0. The third-order valence-electron chi connectivity index (χ3n) is 4.26. The molecule has 2 amide bonds. The van der Waals surface area contributed by atoms with Gasteiger partial charge >= 0.3 is 12.4 Å². The van der Waals surface area contributed by atoms with Crippen LogP contribution in [0.25, 0.3) is 11.0 Å². The van der Waals surface area contributed by atoms with Crippen LogP contribution in [0, 0.1) is 0 Å². The van der Waals surface area contributed by atoms with Crippen LogP contribution in [0.4, 0.5) is 32.0 Å². The average molecular weight is 513 g/mol. The van der Waals surface area contributed by atoms with Gasteiger partial charge in [-0.15, -0.1) is 0 Å². The molecule has 0 spiro atoms. The second-order valence-corrected chi connectivity index (χ2v) is 7.45. The van der Waals surface area contributed by atoms with Crippen LogP contribution in [-0.2, 0) is 17.5 Å². The van der Waals surface area contributed by atoms with Gasteiger partial charge in [-0.05, 0) is 24.3 Å². The number of anilines is 1. The number of nitrogens with zero attached hydrogens (tertiary/aromatic N) is 2. The summed E-state index contributed by atoms with van der Waals surface area (Å²) in [4.78, 5) is 28.0. The molecule has 0 aliphatic heterocycles. The molecule has 2 aromatic carbocycles. The Morgan fingerprint density at radius 3 is 2.15 bits per heavy atom. The Balaban J connectivity index is 2.01. The van der Waals surface area contributed by atoms with Gasteiger partial charge in [-0.1, -0.05) is 35.3 Å². The van der Waals surface area contributed by atoms with Crippen molar-refractivity contribution in [3.63, 3.8) is 0 Å². The van der Waals surface area contributed by atoms with E-state index in [0.29, 0.717) is 4.57 Å². The minimum atomic E-state index is -5.04. The summed E-state index contributed by atoms with van der Waals surface area (Å²) in [5.74, 6) is -3.67. The van der Waals surface area contributed by atoms with E-state index in [-0.39, 0.29) is 32.3 Å². The van der Waals surface area contributed by atoms with Crippen molar-refractivity contribution in [1.82, 2.24) is 14.9 Å². The lowest BCUT2D eigenvalue weighted by Crippen LogP contribution is -2.36. The van der Waals surface area contributed by atoms with E-state index >= 15 is 0 Å². The highest BCUT2D eigenvalue weighted by Gasteiger charge is 2.39. The predicted molar refractivity (Wildman–Crippen MR) is 108 cm³/mol. The molecule has 6 nitrogen and oxygen atoms in total. The molecule has 0 aliphatic carbocycles. The summed E-state index contributed by atoms with van der Waals surface area (Å²) in [6.45, 7) is -2.80. The van der Waals surface area contributed by atoms with Crippen molar-refractivity contribution in [2.45, 2.75) is 18.9 Å². The number of hydrogen-bond acceptors (Lipinski definition) is 3. The molecule has 0 unspecified atom stereocenters. The monoisotopic (exact) mass is 512 g/mol. The van der Waals surface area contributed by atoms with Gasteiger partial charge in [0.2, 0.25) is 11.7 Å². The molecule has 0 fully saturated rings. The van der Waals surface area contributed by atoms with Crippen LogP contribution in [0.1, 0.15) is 16.2 Å². The summed E-state index contributed by atoms with van der Waals surface area (Å²) in [5, 5.41) is 3.87. The molecule has 1 heterocycles. The second kappa shape index (κ2) is 9.10. The molecule has 176 valence electrons. The Kier molecular flexibility index (Phi) is 6.80. The van der Waals surface area contributed by atoms with Crippen molar-refractivity contribution in [1.29, 1.82) is 0 Å². The van der Waals surface area contributed by atoms with E-state index in [1.165, 1.54) is 41.7 Å². The maximum Gasteiger partial charge on any atom is 0.449 e. The molecular formula is C19H12Cl2F6N4O2. The van der Waals surface area contributed by atoms with E-state index < -0.39 is 43.1 Å². The zero-order valence-corrected chi connectivity index (χ0v) is 17.6. The van der Waals surface area contributed by atoms with Gasteiger partial charge in [-0.25, -0.2) is 4.98 Å². The first kappa shape index (κ1) is 24.6.